The molecule has 1 aromatic rings. The highest BCUT2D eigenvalue weighted by molar-refractivity contribution is 7.99. The highest BCUT2D eigenvalue weighted by Crippen LogP contribution is 2.29. The second kappa shape index (κ2) is 6.14. The number of hydrogen-bond donors (Lipinski definition) is 1. The summed E-state index contributed by atoms with van der Waals surface area (Å²) in [7, 11) is 0. The number of thioether (sulfide) groups is 1. The van der Waals surface area contributed by atoms with Gasteiger partial charge in [0.05, 0.1) is 13.1 Å². The monoisotopic (exact) mass is 297 g/mol. The number of nitrogens with zero attached hydrogens (tertiary/aromatic N) is 1. The van der Waals surface area contributed by atoms with Crippen molar-refractivity contribution < 1.29 is 14.3 Å². The normalized spacial score (nSPS) is 17.1. The second-order valence-corrected chi connectivity index (χ2v) is 6.73. The maximum absolute atomic E-state index is 12.7. The first-order chi connectivity index (χ1) is 9.40. The van der Waals surface area contributed by atoms with E-state index in [0.29, 0.717) is 25.3 Å². The van der Waals surface area contributed by atoms with Crippen LogP contribution in [0.2, 0.25) is 0 Å². The van der Waals surface area contributed by atoms with Crippen LogP contribution < -0.4 is 0 Å². The molecule has 0 aromatic heterocycles. The number of aliphatic hydroxyl groups is 1. The number of halogens is 1. The Morgan fingerprint density at radius 2 is 2.00 bits per heavy atom. The van der Waals surface area contributed by atoms with Crippen LogP contribution in [0, 0.1) is 11.7 Å². The summed E-state index contributed by atoms with van der Waals surface area (Å²) in [5.74, 6) is 0.658. The molecule has 0 bridgehead atoms. The summed E-state index contributed by atoms with van der Waals surface area (Å²) in [6.45, 7) is 4.80. The first kappa shape index (κ1) is 15.3. The number of benzene rings is 1. The fraction of sp³-hybridized carbons (Fsp3) is 0.533. The van der Waals surface area contributed by atoms with Gasteiger partial charge in [0.25, 0.3) is 0 Å². The Balaban J connectivity index is 1.70. The lowest BCUT2D eigenvalue weighted by Crippen LogP contribution is -2.66. The molecule has 1 N–H and O–H groups in total. The molecule has 5 heteroatoms. The number of amides is 1. The van der Waals surface area contributed by atoms with Crippen LogP contribution in [0.15, 0.2) is 29.2 Å². The third kappa shape index (κ3) is 3.52. The van der Waals surface area contributed by atoms with Crippen molar-refractivity contribution in [2.75, 3.05) is 18.8 Å². The molecule has 1 fully saturated rings. The summed E-state index contributed by atoms with van der Waals surface area (Å²) >= 11 is 1.54. The summed E-state index contributed by atoms with van der Waals surface area (Å²) in [5, 5.41) is 10.1. The minimum Gasteiger partial charge on any atom is -0.386 e. The van der Waals surface area contributed by atoms with Crippen molar-refractivity contribution in [3.63, 3.8) is 0 Å². The zero-order valence-electron chi connectivity index (χ0n) is 11.8. The van der Waals surface area contributed by atoms with Crippen LogP contribution >= 0.6 is 11.8 Å². The minimum atomic E-state index is -0.709. The number of hydrogen-bond acceptors (Lipinski definition) is 3. The lowest BCUT2D eigenvalue weighted by Gasteiger charge is -2.49. The summed E-state index contributed by atoms with van der Waals surface area (Å²) in [4.78, 5) is 14.6. The minimum absolute atomic E-state index is 0.0740. The van der Waals surface area contributed by atoms with Gasteiger partial charge in [-0.2, -0.15) is 0 Å². The zero-order valence-corrected chi connectivity index (χ0v) is 12.6. The zero-order chi connectivity index (χ0) is 14.8. The number of carbonyl (C=O) groups excluding carboxylic acids is 1. The average Bonchev–Trinajstić information content (AvgIpc) is 2.37. The van der Waals surface area contributed by atoms with Gasteiger partial charge < -0.3 is 10.0 Å². The van der Waals surface area contributed by atoms with E-state index >= 15 is 0 Å². The van der Waals surface area contributed by atoms with Gasteiger partial charge in [0.2, 0.25) is 5.91 Å². The second-order valence-electron chi connectivity index (χ2n) is 5.56. The van der Waals surface area contributed by atoms with Crippen molar-refractivity contribution in [3.8, 4) is 0 Å². The molecule has 0 spiro atoms. The Kier molecular flexibility index (Phi) is 4.70. The molecule has 1 amide bonds. The third-order valence-electron chi connectivity index (χ3n) is 3.76. The van der Waals surface area contributed by atoms with E-state index < -0.39 is 5.60 Å². The Bertz CT molecular complexity index is 469. The van der Waals surface area contributed by atoms with Gasteiger partial charge in [0.1, 0.15) is 11.4 Å². The molecule has 110 valence electrons. The summed E-state index contributed by atoms with van der Waals surface area (Å²) in [6, 6.07) is 6.27. The van der Waals surface area contributed by atoms with Gasteiger partial charge in [-0.1, -0.05) is 13.8 Å². The third-order valence-corrected chi connectivity index (χ3v) is 4.77. The lowest BCUT2D eigenvalue weighted by atomic mass is 9.83. The molecule has 1 aromatic carbocycles. The van der Waals surface area contributed by atoms with Crippen LogP contribution in [0.1, 0.15) is 20.3 Å². The summed E-state index contributed by atoms with van der Waals surface area (Å²) in [6.07, 6.45) is 0.441. The highest BCUT2D eigenvalue weighted by atomic mass is 32.2. The van der Waals surface area contributed by atoms with Crippen molar-refractivity contribution in [2.24, 2.45) is 5.92 Å². The molecule has 0 aliphatic carbocycles. The molecule has 1 aliphatic rings. The molecule has 0 atom stereocenters. The van der Waals surface area contributed by atoms with E-state index in [-0.39, 0.29) is 17.6 Å². The molecular formula is C15H20FNO2S. The largest absolute Gasteiger partial charge is 0.386 e. The van der Waals surface area contributed by atoms with Crippen LogP contribution in [0.3, 0.4) is 0 Å². The Labute approximate surface area is 123 Å². The fourth-order valence-electron chi connectivity index (χ4n) is 2.10. The van der Waals surface area contributed by atoms with E-state index in [1.54, 1.807) is 17.0 Å². The molecule has 0 radical (unpaired) electrons. The number of carbonyl (C=O) groups is 1. The number of likely N-dealkylation sites (tertiary alicyclic amines) is 1. The van der Waals surface area contributed by atoms with E-state index in [1.165, 1.54) is 23.9 Å². The SMILES string of the molecule is CC(C)C1(O)CN(C(=O)CCSc2ccc(F)cc2)C1. The van der Waals surface area contributed by atoms with Crippen LogP contribution in [-0.4, -0.2) is 40.4 Å². The molecule has 0 unspecified atom stereocenters. The maximum atomic E-state index is 12.7. The van der Waals surface area contributed by atoms with E-state index in [2.05, 4.69) is 0 Å². The first-order valence-electron chi connectivity index (χ1n) is 6.79. The van der Waals surface area contributed by atoms with Crippen LogP contribution in [0.4, 0.5) is 4.39 Å². The van der Waals surface area contributed by atoms with Gasteiger partial charge >= 0.3 is 0 Å². The Morgan fingerprint density at radius 1 is 1.40 bits per heavy atom. The van der Waals surface area contributed by atoms with Crippen molar-refractivity contribution in [2.45, 2.75) is 30.8 Å². The first-order valence-corrected chi connectivity index (χ1v) is 7.78. The van der Waals surface area contributed by atoms with Crippen molar-refractivity contribution in [1.82, 2.24) is 4.90 Å². The van der Waals surface area contributed by atoms with E-state index in [0.717, 1.165) is 4.90 Å². The summed E-state index contributed by atoms with van der Waals surface area (Å²) in [5.41, 5.74) is -0.709. The van der Waals surface area contributed by atoms with Crippen molar-refractivity contribution in [1.29, 1.82) is 0 Å². The van der Waals surface area contributed by atoms with Gasteiger partial charge in [-0.15, -0.1) is 11.8 Å². The topological polar surface area (TPSA) is 40.5 Å². The van der Waals surface area contributed by atoms with Gasteiger partial charge in [0.15, 0.2) is 0 Å². The quantitative estimate of drug-likeness (QED) is 0.849. The number of rotatable bonds is 5. The van der Waals surface area contributed by atoms with E-state index in [1.807, 2.05) is 13.8 Å². The van der Waals surface area contributed by atoms with Gasteiger partial charge in [0, 0.05) is 17.1 Å². The summed E-state index contributed by atoms with van der Waals surface area (Å²) < 4.78 is 12.7. The Hall–Kier alpha value is -1.07. The molecule has 1 aliphatic heterocycles. The fourth-order valence-corrected chi connectivity index (χ4v) is 2.94. The molecule has 1 heterocycles. The van der Waals surface area contributed by atoms with E-state index in [9.17, 15) is 14.3 Å². The standard InChI is InChI=1S/C15H20FNO2S/c1-11(2)15(19)9-17(10-15)14(18)7-8-20-13-5-3-12(16)4-6-13/h3-6,11,19H,7-10H2,1-2H3. The van der Waals surface area contributed by atoms with Gasteiger partial charge in [-0.25, -0.2) is 4.39 Å². The van der Waals surface area contributed by atoms with E-state index in [4.69, 9.17) is 0 Å². The Morgan fingerprint density at radius 3 is 2.55 bits per heavy atom. The highest BCUT2D eigenvalue weighted by Gasteiger charge is 2.45. The van der Waals surface area contributed by atoms with Crippen molar-refractivity contribution >= 4 is 17.7 Å². The molecule has 1 saturated heterocycles. The number of β-amino-alcohol motifs (C(OH)–C–C–N with tert-alkyl or cyclic N) is 1. The predicted molar refractivity (Wildman–Crippen MR) is 78.1 cm³/mol. The van der Waals surface area contributed by atoms with Crippen LogP contribution in [-0.2, 0) is 4.79 Å². The molecule has 0 saturated carbocycles. The lowest BCUT2D eigenvalue weighted by molar-refractivity contribution is -0.163. The van der Waals surface area contributed by atoms with Gasteiger partial charge in [-0.05, 0) is 30.2 Å². The molecule has 2 rings (SSSR count). The smallest absolute Gasteiger partial charge is 0.223 e. The van der Waals surface area contributed by atoms with Crippen molar-refractivity contribution in [3.05, 3.63) is 30.1 Å². The predicted octanol–water partition coefficient (Wildman–Crippen LogP) is 2.54. The molecule has 3 nitrogen and oxygen atoms in total. The van der Waals surface area contributed by atoms with Crippen LogP contribution in [0.5, 0.6) is 0 Å². The van der Waals surface area contributed by atoms with Crippen LogP contribution in [0.25, 0.3) is 0 Å². The average molecular weight is 297 g/mol. The molecular weight excluding hydrogens is 277 g/mol. The van der Waals surface area contributed by atoms with Gasteiger partial charge in [-0.3, -0.25) is 4.79 Å². The molecule has 20 heavy (non-hydrogen) atoms. The maximum Gasteiger partial charge on any atom is 0.223 e.